The van der Waals surface area contributed by atoms with Crippen LogP contribution in [0.4, 0.5) is 5.69 Å². The molecule has 5 heteroatoms. The quantitative estimate of drug-likeness (QED) is 0.637. The Balaban J connectivity index is 1.54. The predicted octanol–water partition coefficient (Wildman–Crippen LogP) is 4.17. The monoisotopic (exact) mass is 388 g/mol. The number of amides is 2. The van der Waals surface area contributed by atoms with E-state index in [2.05, 4.69) is 0 Å². The first-order chi connectivity index (χ1) is 14.1. The van der Waals surface area contributed by atoms with Crippen molar-refractivity contribution in [3.63, 3.8) is 0 Å². The molecule has 0 bridgehead atoms. The van der Waals surface area contributed by atoms with Gasteiger partial charge in [0.2, 0.25) is 11.8 Å². The molecule has 3 aromatic rings. The van der Waals surface area contributed by atoms with Crippen molar-refractivity contribution in [1.29, 1.82) is 0 Å². The zero-order valence-corrected chi connectivity index (χ0v) is 16.5. The van der Waals surface area contributed by atoms with Crippen molar-refractivity contribution in [3.8, 4) is 0 Å². The fourth-order valence-corrected chi connectivity index (χ4v) is 3.69. The molecule has 2 amide bonds. The van der Waals surface area contributed by atoms with Crippen molar-refractivity contribution < 1.29 is 14.0 Å². The fourth-order valence-electron chi connectivity index (χ4n) is 3.69. The molecule has 2 aromatic carbocycles. The molecule has 0 saturated carbocycles. The van der Waals surface area contributed by atoms with Crippen LogP contribution in [0.15, 0.2) is 77.4 Å². The number of benzene rings is 2. The number of nitrogens with zero attached hydrogens (tertiary/aromatic N) is 2. The summed E-state index contributed by atoms with van der Waals surface area (Å²) < 4.78 is 5.36. The third-order valence-corrected chi connectivity index (χ3v) is 5.29. The predicted molar refractivity (Wildman–Crippen MR) is 111 cm³/mol. The van der Waals surface area contributed by atoms with Crippen LogP contribution >= 0.6 is 0 Å². The summed E-state index contributed by atoms with van der Waals surface area (Å²) in [6.07, 6.45) is 1.83. The van der Waals surface area contributed by atoms with E-state index in [9.17, 15) is 9.59 Å². The van der Waals surface area contributed by atoms with Gasteiger partial charge in [-0.2, -0.15) is 0 Å². The molecule has 1 fully saturated rings. The van der Waals surface area contributed by atoms with Crippen LogP contribution in [0.5, 0.6) is 0 Å². The Morgan fingerprint density at radius 3 is 2.52 bits per heavy atom. The minimum Gasteiger partial charge on any atom is -0.467 e. The van der Waals surface area contributed by atoms with E-state index in [0.717, 1.165) is 22.6 Å². The van der Waals surface area contributed by atoms with Gasteiger partial charge in [-0.25, -0.2) is 0 Å². The molecular formula is C24H24N2O3. The average molecular weight is 388 g/mol. The second kappa shape index (κ2) is 8.35. The lowest BCUT2D eigenvalue weighted by atomic mass is 10.1. The third kappa shape index (κ3) is 4.40. The Labute approximate surface area is 170 Å². The molecule has 0 N–H and O–H groups in total. The SMILES string of the molecule is Cc1ccc(N(Cc2ccccc2)C(=O)[C@H]2CC(=O)N(Cc3ccco3)C2)cc1. The van der Waals surface area contributed by atoms with Gasteiger partial charge in [0.05, 0.1) is 25.3 Å². The van der Waals surface area contributed by atoms with Crippen LogP contribution in [0.2, 0.25) is 0 Å². The molecule has 1 aromatic heterocycles. The van der Waals surface area contributed by atoms with Gasteiger partial charge in [-0.3, -0.25) is 9.59 Å². The molecule has 1 atom stereocenters. The van der Waals surface area contributed by atoms with Gasteiger partial charge in [0, 0.05) is 18.7 Å². The van der Waals surface area contributed by atoms with Crippen LogP contribution in [-0.4, -0.2) is 23.3 Å². The van der Waals surface area contributed by atoms with Gasteiger partial charge in [0.1, 0.15) is 5.76 Å². The van der Waals surface area contributed by atoms with Crippen LogP contribution in [0.25, 0.3) is 0 Å². The number of likely N-dealkylation sites (tertiary alicyclic amines) is 1. The minimum absolute atomic E-state index is 0.0108. The van der Waals surface area contributed by atoms with Gasteiger partial charge in [-0.05, 0) is 36.8 Å². The van der Waals surface area contributed by atoms with Crippen LogP contribution in [-0.2, 0) is 22.7 Å². The zero-order valence-electron chi connectivity index (χ0n) is 16.5. The summed E-state index contributed by atoms with van der Waals surface area (Å²) in [6, 6.07) is 21.5. The Hall–Kier alpha value is -3.34. The number of carbonyl (C=O) groups is 2. The standard InChI is InChI=1S/C24H24N2O3/c1-18-9-11-21(12-10-18)26(15-19-6-3-2-4-7-19)24(28)20-14-23(27)25(16-20)17-22-8-5-13-29-22/h2-13,20H,14-17H2,1H3/t20-/m0/s1. The minimum atomic E-state index is -0.359. The van der Waals surface area contributed by atoms with Crippen molar-refractivity contribution in [2.75, 3.05) is 11.4 Å². The first-order valence-corrected chi connectivity index (χ1v) is 9.82. The van der Waals surface area contributed by atoms with E-state index < -0.39 is 0 Å². The molecule has 148 valence electrons. The molecule has 29 heavy (non-hydrogen) atoms. The van der Waals surface area contributed by atoms with Crippen LogP contribution in [0, 0.1) is 12.8 Å². The van der Waals surface area contributed by atoms with Crippen LogP contribution in [0.1, 0.15) is 23.3 Å². The van der Waals surface area contributed by atoms with Gasteiger partial charge in [0.15, 0.2) is 0 Å². The molecular weight excluding hydrogens is 364 g/mol. The summed E-state index contributed by atoms with van der Waals surface area (Å²) in [5, 5.41) is 0. The molecule has 4 rings (SSSR count). The van der Waals surface area contributed by atoms with Crippen molar-refractivity contribution in [2.45, 2.75) is 26.4 Å². The Kier molecular flexibility index (Phi) is 5.47. The molecule has 5 nitrogen and oxygen atoms in total. The van der Waals surface area contributed by atoms with Crippen molar-refractivity contribution in [3.05, 3.63) is 89.9 Å². The van der Waals surface area contributed by atoms with E-state index in [1.54, 1.807) is 22.1 Å². The second-order valence-electron chi connectivity index (χ2n) is 7.50. The zero-order chi connectivity index (χ0) is 20.2. The maximum atomic E-state index is 13.5. The fraction of sp³-hybridized carbons (Fsp3) is 0.250. The van der Waals surface area contributed by atoms with Gasteiger partial charge < -0.3 is 14.2 Å². The van der Waals surface area contributed by atoms with E-state index in [1.165, 1.54) is 0 Å². The van der Waals surface area contributed by atoms with E-state index in [0.29, 0.717) is 19.6 Å². The highest BCUT2D eigenvalue weighted by molar-refractivity contribution is 5.99. The number of carbonyl (C=O) groups excluding carboxylic acids is 2. The number of hydrogen-bond donors (Lipinski definition) is 0. The molecule has 0 radical (unpaired) electrons. The first-order valence-electron chi connectivity index (χ1n) is 9.82. The topological polar surface area (TPSA) is 53.8 Å². The summed E-state index contributed by atoms with van der Waals surface area (Å²) in [4.78, 5) is 29.4. The number of furan rings is 1. The Morgan fingerprint density at radius 2 is 1.83 bits per heavy atom. The lowest BCUT2D eigenvalue weighted by molar-refractivity contribution is -0.129. The summed E-state index contributed by atoms with van der Waals surface area (Å²) in [6.45, 7) is 3.31. The molecule has 0 unspecified atom stereocenters. The maximum absolute atomic E-state index is 13.5. The largest absolute Gasteiger partial charge is 0.467 e. The number of anilines is 1. The van der Waals surface area contributed by atoms with E-state index in [1.807, 2.05) is 67.6 Å². The number of hydrogen-bond acceptors (Lipinski definition) is 3. The summed E-state index contributed by atoms with van der Waals surface area (Å²) in [5.74, 6) is 0.338. The van der Waals surface area contributed by atoms with E-state index in [4.69, 9.17) is 4.42 Å². The van der Waals surface area contributed by atoms with E-state index >= 15 is 0 Å². The summed E-state index contributed by atoms with van der Waals surface area (Å²) in [5.41, 5.74) is 3.04. The van der Waals surface area contributed by atoms with Crippen LogP contribution in [0.3, 0.4) is 0 Å². The first kappa shape index (κ1) is 19.0. The van der Waals surface area contributed by atoms with Crippen molar-refractivity contribution in [2.24, 2.45) is 5.92 Å². The molecule has 0 aliphatic carbocycles. The summed E-state index contributed by atoms with van der Waals surface area (Å²) in [7, 11) is 0. The third-order valence-electron chi connectivity index (χ3n) is 5.29. The smallest absolute Gasteiger partial charge is 0.232 e. The number of rotatable bonds is 6. The lowest BCUT2D eigenvalue weighted by Crippen LogP contribution is -2.37. The molecule has 1 saturated heterocycles. The van der Waals surface area contributed by atoms with Gasteiger partial charge in [0.25, 0.3) is 0 Å². The average Bonchev–Trinajstić information content (AvgIpc) is 3.38. The Morgan fingerprint density at radius 1 is 1.07 bits per heavy atom. The summed E-state index contributed by atoms with van der Waals surface area (Å²) >= 11 is 0. The van der Waals surface area contributed by atoms with E-state index in [-0.39, 0.29) is 24.2 Å². The van der Waals surface area contributed by atoms with Crippen molar-refractivity contribution in [1.82, 2.24) is 4.90 Å². The van der Waals surface area contributed by atoms with Gasteiger partial charge in [-0.15, -0.1) is 0 Å². The maximum Gasteiger partial charge on any atom is 0.232 e. The van der Waals surface area contributed by atoms with Gasteiger partial charge in [-0.1, -0.05) is 48.0 Å². The highest BCUT2D eigenvalue weighted by Crippen LogP contribution is 2.27. The second-order valence-corrected chi connectivity index (χ2v) is 7.50. The Bertz CT molecular complexity index is 965. The van der Waals surface area contributed by atoms with Crippen LogP contribution < -0.4 is 4.90 Å². The molecule has 2 heterocycles. The number of aryl methyl sites for hydroxylation is 1. The lowest BCUT2D eigenvalue weighted by Gasteiger charge is -2.26. The highest BCUT2D eigenvalue weighted by atomic mass is 16.3. The molecule has 1 aliphatic rings. The van der Waals surface area contributed by atoms with Crippen molar-refractivity contribution >= 4 is 17.5 Å². The molecule has 0 spiro atoms. The molecule has 1 aliphatic heterocycles. The van der Waals surface area contributed by atoms with Gasteiger partial charge >= 0.3 is 0 Å². The normalized spacial score (nSPS) is 16.2. The highest BCUT2D eigenvalue weighted by Gasteiger charge is 2.37.